The van der Waals surface area contributed by atoms with E-state index >= 15 is 0 Å². The van der Waals surface area contributed by atoms with Gasteiger partial charge in [0, 0.05) is 16.0 Å². The zero-order chi connectivity index (χ0) is 21.9. The van der Waals surface area contributed by atoms with Crippen LogP contribution in [0.25, 0.3) is 22.5 Å². The topological polar surface area (TPSA) is 126 Å². The molecular formula is C19H18NNa2O8PS. The van der Waals surface area contributed by atoms with Crippen molar-refractivity contribution in [1.82, 2.24) is 5.16 Å². The van der Waals surface area contributed by atoms with Gasteiger partial charge in [-0.25, -0.2) is 0 Å². The van der Waals surface area contributed by atoms with Crippen molar-refractivity contribution in [2.75, 3.05) is 27.6 Å². The minimum Gasteiger partial charge on any atom is -0.780 e. The van der Waals surface area contributed by atoms with Crippen molar-refractivity contribution < 1.29 is 96.7 Å². The zero-order valence-corrected chi connectivity index (χ0v) is 24.2. The molecule has 2 aromatic carbocycles. The summed E-state index contributed by atoms with van der Waals surface area (Å²) in [4.78, 5) is 22.8. The van der Waals surface area contributed by atoms with Crippen LogP contribution in [0.3, 0.4) is 0 Å². The van der Waals surface area contributed by atoms with E-state index in [0.717, 1.165) is 0 Å². The van der Waals surface area contributed by atoms with Gasteiger partial charge in [0.05, 0.1) is 27.5 Å². The first kappa shape index (κ1) is 29.4. The summed E-state index contributed by atoms with van der Waals surface area (Å²) < 4.78 is 37.3. The van der Waals surface area contributed by atoms with Gasteiger partial charge < -0.3 is 37.6 Å². The first-order valence-electron chi connectivity index (χ1n) is 8.46. The van der Waals surface area contributed by atoms with Crippen molar-refractivity contribution in [3.63, 3.8) is 0 Å². The normalized spacial score (nSPS) is 10.6. The molecule has 0 aliphatic carbocycles. The Morgan fingerprint density at radius 3 is 2.03 bits per heavy atom. The molecule has 32 heavy (non-hydrogen) atoms. The fourth-order valence-electron chi connectivity index (χ4n) is 2.90. The molecule has 13 heteroatoms. The number of aromatic nitrogens is 1. The summed E-state index contributed by atoms with van der Waals surface area (Å²) in [6, 6.07) is 8.23. The summed E-state index contributed by atoms with van der Waals surface area (Å²) in [6.07, 6.45) is 3.22. The molecule has 160 valence electrons. The van der Waals surface area contributed by atoms with Gasteiger partial charge in [0.2, 0.25) is 5.75 Å². The van der Waals surface area contributed by atoms with E-state index in [-0.39, 0.29) is 64.9 Å². The summed E-state index contributed by atoms with van der Waals surface area (Å²) >= 11 is 1.25. The first-order chi connectivity index (χ1) is 14.3. The summed E-state index contributed by atoms with van der Waals surface area (Å²) in [7, 11) is -0.730. The number of phosphoric ester groups is 1. The quantitative estimate of drug-likeness (QED) is 0.180. The molecule has 0 saturated heterocycles. The summed E-state index contributed by atoms with van der Waals surface area (Å²) in [5.74, 6) is 1.59. The van der Waals surface area contributed by atoms with E-state index in [4.69, 9.17) is 18.7 Å². The monoisotopic (exact) mass is 497 g/mol. The number of nitrogens with zero attached hydrogens (tertiary/aromatic N) is 1. The molecule has 1 heterocycles. The Hall–Kier alpha value is -0.650. The van der Waals surface area contributed by atoms with Crippen molar-refractivity contribution in [1.29, 1.82) is 0 Å². The van der Waals surface area contributed by atoms with Crippen molar-refractivity contribution >= 4 is 19.6 Å². The van der Waals surface area contributed by atoms with Crippen LogP contribution >= 0.6 is 19.6 Å². The van der Waals surface area contributed by atoms with Gasteiger partial charge in [0.15, 0.2) is 17.3 Å². The second kappa shape index (κ2) is 12.7. The molecule has 0 radical (unpaired) electrons. The second-order valence-electron chi connectivity index (χ2n) is 5.89. The minimum atomic E-state index is -5.22. The predicted octanol–water partition coefficient (Wildman–Crippen LogP) is -3.03. The Balaban J connectivity index is 0.00000256. The molecule has 0 N–H and O–H groups in total. The van der Waals surface area contributed by atoms with Gasteiger partial charge in [-0.2, -0.15) is 0 Å². The van der Waals surface area contributed by atoms with Crippen LogP contribution in [0.1, 0.15) is 0 Å². The van der Waals surface area contributed by atoms with Crippen molar-refractivity contribution in [3.05, 3.63) is 36.5 Å². The molecule has 3 aromatic rings. The molecule has 3 rings (SSSR count). The maximum Gasteiger partial charge on any atom is 1.00 e. The molecule has 0 amide bonds. The van der Waals surface area contributed by atoms with E-state index in [0.29, 0.717) is 44.6 Å². The number of hydrogen-bond acceptors (Lipinski definition) is 10. The summed E-state index contributed by atoms with van der Waals surface area (Å²) in [5, 5.41) is 3.86. The molecule has 0 atom stereocenters. The van der Waals surface area contributed by atoms with Gasteiger partial charge in [0.1, 0.15) is 13.6 Å². The van der Waals surface area contributed by atoms with E-state index < -0.39 is 7.82 Å². The Kier molecular flexibility index (Phi) is 11.7. The number of methoxy groups -OCH3 is 3. The van der Waals surface area contributed by atoms with E-state index in [9.17, 15) is 14.4 Å². The molecule has 1 aromatic heterocycles. The van der Waals surface area contributed by atoms with E-state index in [1.54, 1.807) is 30.5 Å². The van der Waals surface area contributed by atoms with Crippen LogP contribution < -0.4 is 87.6 Å². The Morgan fingerprint density at radius 2 is 1.53 bits per heavy atom. The van der Waals surface area contributed by atoms with Gasteiger partial charge >= 0.3 is 59.1 Å². The smallest absolute Gasteiger partial charge is 0.780 e. The van der Waals surface area contributed by atoms with Crippen molar-refractivity contribution in [3.8, 4) is 45.4 Å². The van der Waals surface area contributed by atoms with E-state index in [1.165, 1.54) is 45.4 Å². The standard InChI is InChI=1S/C19H20NO8PS.2Na/c1-24-15-8-12(9-16(25-2)19(15)26-3)18-13(10-20-27-18)11-5-6-17(30-4)14(7-11)28-29(21,22)23;;/h5-10H,1-4H3,(H2,21,22,23);;/q;2*+1/p-2. The van der Waals surface area contributed by atoms with Crippen LogP contribution in [-0.2, 0) is 4.57 Å². The molecule has 0 fully saturated rings. The van der Waals surface area contributed by atoms with Crippen LogP contribution in [0.4, 0.5) is 0 Å². The molecule has 0 saturated carbocycles. The largest absolute Gasteiger partial charge is 1.00 e. The second-order valence-corrected chi connectivity index (χ2v) is 7.81. The van der Waals surface area contributed by atoms with Gasteiger partial charge in [-0.3, -0.25) is 0 Å². The average molecular weight is 497 g/mol. The first-order valence-corrected chi connectivity index (χ1v) is 11.1. The summed E-state index contributed by atoms with van der Waals surface area (Å²) in [6.45, 7) is 0. The molecular weight excluding hydrogens is 479 g/mol. The van der Waals surface area contributed by atoms with Crippen LogP contribution in [0.5, 0.6) is 23.0 Å². The number of hydrogen-bond donors (Lipinski definition) is 0. The summed E-state index contributed by atoms with van der Waals surface area (Å²) in [5.41, 5.74) is 1.68. The van der Waals surface area contributed by atoms with E-state index in [2.05, 4.69) is 9.68 Å². The maximum atomic E-state index is 11.1. The molecule has 9 nitrogen and oxygen atoms in total. The van der Waals surface area contributed by atoms with Gasteiger partial charge in [0.25, 0.3) is 0 Å². The number of thioether (sulfide) groups is 1. The van der Waals surface area contributed by atoms with Gasteiger partial charge in [-0.1, -0.05) is 11.2 Å². The van der Waals surface area contributed by atoms with Crippen molar-refractivity contribution in [2.24, 2.45) is 0 Å². The Bertz CT molecular complexity index is 1080. The third-order valence-electron chi connectivity index (χ3n) is 4.18. The van der Waals surface area contributed by atoms with Gasteiger partial charge in [-0.05, 0) is 36.1 Å². The third kappa shape index (κ3) is 6.70. The predicted molar refractivity (Wildman–Crippen MR) is 107 cm³/mol. The molecule has 0 spiro atoms. The number of benzene rings is 2. The fourth-order valence-corrected chi connectivity index (χ4v) is 3.86. The van der Waals surface area contributed by atoms with Crippen molar-refractivity contribution in [2.45, 2.75) is 4.90 Å². The van der Waals surface area contributed by atoms with Crippen LogP contribution in [-0.4, -0.2) is 32.7 Å². The number of phosphoric acid groups is 1. The number of ether oxygens (including phenoxy) is 3. The molecule has 0 aliphatic rings. The molecule has 0 unspecified atom stereocenters. The van der Waals surface area contributed by atoms with E-state index in [1.807, 2.05) is 0 Å². The fraction of sp³-hybridized carbons (Fsp3) is 0.211. The van der Waals surface area contributed by atoms with Crippen LogP contribution in [0, 0.1) is 0 Å². The molecule has 0 bridgehead atoms. The minimum absolute atomic E-state index is 0. The Morgan fingerprint density at radius 1 is 0.938 bits per heavy atom. The Labute approximate surface area is 234 Å². The zero-order valence-electron chi connectivity index (χ0n) is 18.5. The van der Waals surface area contributed by atoms with Gasteiger partial charge in [-0.15, -0.1) is 11.8 Å². The average Bonchev–Trinajstić information content (AvgIpc) is 3.21. The maximum absolute atomic E-state index is 11.1. The third-order valence-corrected chi connectivity index (χ3v) is 5.38. The SMILES string of the molecule is COc1cc(-c2oncc2-c2ccc(SC)c(OP(=O)([O-])[O-])c2)cc(OC)c1OC.[Na+].[Na+]. The molecule has 0 aliphatic heterocycles. The number of rotatable bonds is 8. The van der Waals surface area contributed by atoms with Crippen LogP contribution in [0.15, 0.2) is 45.9 Å². The van der Waals surface area contributed by atoms with Crippen LogP contribution in [0.2, 0.25) is 0 Å².